The van der Waals surface area contributed by atoms with Crippen LogP contribution >= 0.6 is 23.2 Å². The van der Waals surface area contributed by atoms with Crippen molar-refractivity contribution >= 4 is 29.3 Å². The van der Waals surface area contributed by atoms with Gasteiger partial charge in [-0.15, -0.1) is 0 Å². The highest BCUT2D eigenvalue weighted by molar-refractivity contribution is 6.34. The number of nitrogens with zero attached hydrogens (tertiary/aromatic N) is 4. The molecule has 0 spiro atoms. The number of pyridine rings is 1. The molecule has 1 atom stereocenters. The molecule has 2 aromatic carbocycles. The Labute approximate surface area is 192 Å². The highest BCUT2D eigenvalue weighted by Gasteiger charge is 2.39. The number of alkyl halides is 3. The van der Waals surface area contributed by atoms with Crippen LogP contribution in [0.2, 0.25) is 10.0 Å². The van der Waals surface area contributed by atoms with Gasteiger partial charge < -0.3 is 0 Å². The summed E-state index contributed by atoms with van der Waals surface area (Å²) in [6.07, 6.45) is 4.27. The van der Waals surface area contributed by atoms with E-state index in [1.807, 2.05) is 12.1 Å². The fourth-order valence-electron chi connectivity index (χ4n) is 3.32. The highest BCUT2D eigenvalue weighted by atomic mass is 35.5. The fraction of sp³-hybridized carbons (Fsp3) is 0.0870. The molecule has 2 heterocycles. The lowest BCUT2D eigenvalue weighted by molar-refractivity contribution is -0.139. The third-order valence-corrected chi connectivity index (χ3v) is 5.19. The second-order valence-corrected chi connectivity index (χ2v) is 7.81. The zero-order valence-electron chi connectivity index (χ0n) is 16.3. The Hall–Kier alpha value is -3.16. The van der Waals surface area contributed by atoms with Gasteiger partial charge in [0.15, 0.2) is 0 Å². The average molecular weight is 475 g/mol. The lowest BCUT2D eigenvalue weighted by Crippen LogP contribution is -2.18. The molecule has 2 aromatic heterocycles. The van der Waals surface area contributed by atoms with Gasteiger partial charge in [0.05, 0.1) is 11.6 Å². The molecule has 32 heavy (non-hydrogen) atoms. The van der Waals surface area contributed by atoms with Crippen molar-refractivity contribution in [1.82, 2.24) is 19.7 Å². The summed E-state index contributed by atoms with van der Waals surface area (Å²) in [6, 6.07) is 12.9. The van der Waals surface area contributed by atoms with Crippen LogP contribution < -0.4 is 0 Å². The van der Waals surface area contributed by atoms with Gasteiger partial charge in [-0.2, -0.15) is 18.3 Å². The van der Waals surface area contributed by atoms with Crippen molar-refractivity contribution in [3.63, 3.8) is 0 Å². The number of benzene rings is 2. The summed E-state index contributed by atoms with van der Waals surface area (Å²) < 4.78 is 43.0. The number of rotatable bonds is 5. The van der Waals surface area contributed by atoms with Crippen molar-refractivity contribution in [3.8, 4) is 16.8 Å². The molecule has 0 aliphatic carbocycles. The summed E-state index contributed by atoms with van der Waals surface area (Å²) >= 11 is 11.8. The minimum Gasteiger partial charge on any atom is -0.265 e. The molecule has 0 radical (unpaired) electrons. The molecule has 0 aliphatic rings. The average Bonchev–Trinajstić information content (AvgIpc) is 3.27. The first-order chi connectivity index (χ1) is 15.3. The van der Waals surface area contributed by atoms with Crippen LogP contribution in [0.4, 0.5) is 13.2 Å². The Kier molecular flexibility index (Phi) is 6.30. The van der Waals surface area contributed by atoms with E-state index in [2.05, 4.69) is 15.1 Å². The zero-order chi connectivity index (χ0) is 22.7. The van der Waals surface area contributed by atoms with Crippen molar-refractivity contribution in [1.29, 1.82) is 0 Å². The first-order valence-electron chi connectivity index (χ1n) is 9.41. The molecule has 0 fully saturated rings. The molecule has 0 saturated heterocycles. The van der Waals surface area contributed by atoms with Gasteiger partial charge in [-0.3, -0.25) is 4.98 Å². The molecular weight excluding hydrogens is 460 g/mol. The SMILES string of the molecule is FC(F)(F)C(C=Cc1ccc(-n2cncn2)c(-c2ccncc2)c1)c1cc(Cl)cc(Cl)c1. The maximum Gasteiger partial charge on any atom is 0.399 e. The van der Waals surface area contributed by atoms with E-state index in [0.29, 0.717) is 5.56 Å². The monoisotopic (exact) mass is 474 g/mol. The predicted octanol–water partition coefficient (Wildman–Crippen LogP) is 7.00. The van der Waals surface area contributed by atoms with E-state index in [1.54, 1.807) is 41.6 Å². The Morgan fingerprint density at radius 2 is 1.62 bits per heavy atom. The molecule has 0 saturated carbocycles. The van der Waals surface area contributed by atoms with Gasteiger partial charge in [0.2, 0.25) is 0 Å². The molecule has 4 aromatic rings. The maximum atomic E-state index is 13.8. The van der Waals surface area contributed by atoms with Crippen molar-refractivity contribution in [2.75, 3.05) is 0 Å². The molecule has 0 amide bonds. The quantitative estimate of drug-likeness (QED) is 0.312. The second-order valence-electron chi connectivity index (χ2n) is 6.93. The molecule has 1 unspecified atom stereocenters. The van der Waals surface area contributed by atoms with Crippen molar-refractivity contribution in [2.45, 2.75) is 12.1 Å². The van der Waals surface area contributed by atoms with E-state index in [1.165, 1.54) is 30.6 Å². The van der Waals surface area contributed by atoms with Crippen LogP contribution in [0.3, 0.4) is 0 Å². The molecule has 4 rings (SSSR count). The molecule has 162 valence electrons. The van der Waals surface area contributed by atoms with Crippen LogP contribution in [0, 0.1) is 0 Å². The minimum atomic E-state index is -4.51. The van der Waals surface area contributed by atoms with Crippen LogP contribution in [0.5, 0.6) is 0 Å². The smallest absolute Gasteiger partial charge is 0.265 e. The van der Waals surface area contributed by atoms with Crippen LogP contribution in [0.25, 0.3) is 22.9 Å². The summed E-state index contributed by atoms with van der Waals surface area (Å²) in [5.74, 6) is -1.86. The Balaban J connectivity index is 1.76. The largest absolute Gasteiger partial charge is 0.399 e. The number of aromatic nitrogens is 4. The highest BCUT2D eigenvalue weighted by Crippen LogP contribution is 2.38. The van der Waals surface area contributed by atoms with Gasteiger partial charge in [0.1, 0.15) is 12.7 Å². The summed E-state index contributed by atoms with van der Waals surface area (Å²) in [6.45, 7) is 0. The van der Waals surface area contributed by atoms with Crippen LogP contribution in [-0.4, -0.2) is 25.9 Å². The fourth-order valence-corrected chi connectivity index (χ4v) is 3.87. The molecule has 4 nitrogen and oxygen atoms in total. The number of halogens is 5. The van der Waals surface area contributed by atoms with Crippen LogP contribution in [0.15, 0.2) is 79.7 Å². The van der Waals surface area contributed by atoms with Gasteiger partial charge in [0, 0.05) is 28.0 Å². The minimum absolute atomic E-state index is 0.0279. The molecule has 9 heteroatoms. The van der Waals surface area contributed by atoms with Gasteiger partial charge in [-0.05, 0) is 59.2 Å². The Bertz CT molecular complexity index is 1220. The summed E-state index contributed by atoms with van der Waals surface area (Å²) in [5.41, 5.74) is 2.91. The molecule has 0 N–H and O–H groups in total. The Morgan fingerprint density at radius 1 is 0.906 bits per heavy atom. The molecule has 0 bridgehead atoms. The molecule has 0 aliphatic heterocycles. The summed E-state index contributed by atoms with van der Waals surface area (Å²) in [7, 11) is 0. The third-order valence-electron chi connectivity index (χ3n) is 4.76. The predicted molar refractivity (Wildman–Crippen MR) is 119 cm³/mol. The van der Waals surface area contributed by atoms with Gasteiger partial charge >= 0.3 is 6.18 Å². The first-order valence-corrected chi connectivity index (χ1v) is 10.2. The lowest BCUT2D eigenvalue weighted by Gasteiger charge is -2.18. The van der Waals surface area contributed by atoms with Gasteiger partial charge in [-0.1, -0.05) is 41.4 Å². The van der Waals surface area contributed by atoms with Crippen molar-refractivity contribution < 1.29 is 13.2 Å². The van der Waals surface area contributed by atoms with E-state index < -0.39 is 12.1 Å². The zero-order valence-corrected chi connectivity index (χ0v) is 17.9. The van der Waals surface area contributed by atoms with E-state index in [9.17, 15) is 13.2 Å². The Morgan fingerprint density at radius 3 is 2.25 bits per heavy atom. The number of allylic oxidation sites excluding steroid dienone is 1. The topological polar surface area (TPSA) is 43.6 Å². The standard InChI is InChI=1S/C23H15Cl2F3N4/c24-18-10-17(11-19(25)12-18)21(23(26,27)28)3-1-15-2-4-22(32-14-30-13-31-32)20(9-15)16-5-7-29-8-6-16/h1-14,21H. The van der Waals surface area contributed by atoms with Gasteiger partial charge in [0.25, 0.3) is 0 Å². The van der Waals surface area contributed by atoms with Crippen molar-refractivity contribution in [2.24, 2.45) is 0 Å². The number of hydrogen-bond donors (Lipinski definition) is 0. The number of hydrogen-bond acceptors (Lipinski definition) is 3. The normalized spacial score (nSPS) is 12.9. The third kappa shape index (κ3) is 5.00. The molecular formula is C23H15Cl2F3N4. The van der Waals surface area contributed by atoms with E-state index in [0.717, 1.165) is 22.9 Å². The van der Waals surface area contributed by atoms with Crippen molar-refractivity contribution in [3.05, 3.63) is 101 Å². The summed E-state index contributed by atoms with van der Waals surface area (Å²) in [4.78, 5) is 7.99. The second kappa shape index (κ2) is 9.14. The van der Waals surface area contributed by atoms with E-state index >= 15 is 0 Å². The maximum absolute atomic E-state index is 13.8. The van der Waals surface area contributed by atoms with Gasteiger partial charge in [-0.25, -0.2) is 9.67 Å². The van der Waals surface area contributed by atoms with E-state index in [4.69, 9.17) is 23.2 Å². The van der Waals surface area contributed by atoms with E-state index in [-0.39, 0.29) is 15.6 Å². The van der Waals surface area contributed by atoms with Crippen LogP contribution in [-0.2, 0) is 0 Å². The summed E-state index contributed by atoms with van der Waals surface area (Å²) in [5, 5.41) is 4.45. The van der Waals surface area contributed by atoms with Crippen LogP contribution in [0.1, 0.15) is 17.0 Å². The first kappa shape index (κ1) is 22.0. The lowest BCUT2D eigenvalue weighted by atomic mass is 9.96.